The molecule has 3 aromatic rings. The molecule has 0 atom stereocenters. The van der Waals surface area contributed by atoms with Crippen LogP contribution in [0.15, 0.2) is 39.7 Å². The van der Waals surface area contributed by atoms with E-state index < -0.39 is 23.0 Å². The molecule has 1 amide bonds. The number of hydrogen-bond acceptors (Lipinski definition) is 5. The monoisotopic (exact) mass is 488 g/mol. The van der Waals surface area contributed by atoms with Crippen molar-refractivity contribution in [1.29, 1.82) is 0 Å². The summed E-state index contributed by atoms with van der Waals surface area (Å²) in [4.78, 5) is 25.2. The summed E-state index contributed by atoms with van der Waals surface area (Å²) in [6.07, 6.45) is 1.19. The van der Waals surface area contributed by atoms with Crippen LogP contribution < -0.4 is 15.6 Å². The fourth-order valence-electron chi connectivity index (χ4n) is 4.34. The number of nitrogens with one attached hydrogen (secondary N) is 1. The molecule has 2 N–H and O–H groups in total. The van der Waals surface area contributed by atoms with Crippen LogP contribution >= 0.6 is 0 Å². The number of ether oxygens (including phenoxy) is 1. The van der Waals surface area contributed by atoms with E-state index in [1.165, 1.54) is 10.6 Å². The molecular formula is C26H30F2N2O5. The van der Waals surface area contributed by atoms with E-state index in [0.29, 0.717) is 34.4 Å². The van der Waals surface area contributed by atoms with Gasteiger partial charge in [-0.05, 0) is 57.4 Å². The Bertz CT molecular complexity index is 1310. The van der Waals surface area contributed by atoms with E-state index in [4.69, 9.17) is 9.15 Å². The number of rotatable bonds is 6. The van der Waals surface area contributed by atoms with Gasteiger partial charge in [0, 0.05) is 49.1 Å². The maximum Gasteiger partial charge on any atom is 0.293 e. The third-order valence-electron chi connectivity index (χ3n) is 6.35. The number of halogens is 2. The van der Waals surface area contributed by atoms with Gasteiger partial charge in [0.25, 0.3) is 11.5 Å². The van der Waals surface area contributed by atoms with Crippen molar-refractivity contribution in [2.24, 2.45) is 7.05 Å². The Morgan fingerprint density at radius 3 is 2.57 bits per heavy atom. The minimum absolute atomic E-state index is 0.00187. The van der Waals surface area contributed by atoms with Crippen LogP contribution in [0.2, 0.25) is 0 Å². The Kier molecular flexibility index (Phi) is 6.48. The van der Waals surface area contributed by atoms with E-state index in [-0.39, 0.29) is 43.1 Å². The lowest BCUT2D eigenvalue weighted by atomic mass is 9.92. The van der Waals surface area contributed by atoms with Crippen molar-refractivity contribution in [2.45, 2.75) is 64.1 Å². The molecule has 0 spiro atoms. The summed E-state index contributed by atoms with van der Waals surface area (Å²) in [5, 5.41) is 13.7. The summed E-state index contributed by atoms with van der Waals surface area (Å²) < 4.78 is 40.5. The Morgan fingerprint density at radius 1 is 1.26 bits per heavy atom. The van der Waals surface area contributed by atoms with Crippen molar-refractivity contribution in [3.63, 3.8) is 0 Å². The average molecular weight is 489 g/mol. The molecule has 1 aromatic carbocycles. The molecule has 2 aromatic heterocycles. The topological polar surface area (TPSA) is 93.7 Å². The van der Waals surface area contributed by atoms with Crippen molar-refractivity contribution in [1.82, 2.24) is 9.88 Å². The van der Waals surface area contributed by atoms with Gasteiger partial charge in [-0.1, -0.05) is 6.07 Å². The van der Waals surface area contributed by atoms with Crippen LogP contribution in [-0.2, 0) is 12.6 Å². The molecule has 0 aliphatic heterocycles. The number of furan rings is 1. The van der Waals surface area contributed by atoms with E-state index >= 15 is 0 Å². The molecule has 35 heavy (non-hydrogen) atoms. The largest absolute Gasteiger partial charge is 0.490 e. The standard InChI is InChI=1S/C26H30F2N2O5/c1-5-29-23(31)21-13-18-19(14-30(4)24(32)22(18)35-21)17-12-15(25(2,3)33)6-7-20(17)34-16-8-10-26(27,28)11-9-16/h6-7,12-14,16,33H,5,8-11H2,1-4H3,(H,29,31). The maximum absolute atomic E-state index is 13.7. The lowest BCUT2D eigenvalue weighted by Crippen LogP contribution is -2.30. The molecular weight excluding hydrogens is 458 g/mol. The Labute approximate surface area is 201 Å². The van der Waals surface area contributed by atoms with E-state index in [2.05, 4.69) is 5.32 Å². The first-order valence-electron chi connectivity index (χ1n) is 11.7. The molecule has 9 heteroatoms. The zero-order chi connectivity index (χ0) is 25.5. The average Bonchev–Trinajstić information content (AvgIpc) is 3.23. The van der Waals surface area contributed by atoms with Crippen LogP contribution in [0.5, 0.6) is 5.75 Å². The van der Waals surface area contributed by atoms with E-state index in [9.17, 15) is 23.5 Å². The first-order valence-corrected chi connectivity index (χ1v) is 11.7. The fourth-order valence-corrected chi connectivity index (χ4v) is 4.34. The zero-order valence-corrected chi connectivity index (χ0v) is 20.3. The highest BCUT2D eigenvalue weighted by molar-refractivity contribution is 6.01. The van der Waals surface area contributed by atoms with Crippen LogP contribution in [-0.4, -0.2) is 34.2 Å². The summed E-state index contributed by atoms with van der Waals surface area (Å²) in [6.45, 7) is 5.47. The van der Waals surface area contributed by atoms with Crippen LogP contribution in [0, 0.1) is 0 Å². The molecule has 0 saturated heterocycles. The van der Waals surface area contributed by atoms with Crippen molar-refractivity contribution >= 4 is 16.9 Å². The van der Waals surface area contributed by atoms with Gasteiger partial charge in [0.05, 0.1) is 11.7 Å². The molecule has 0 radical (unpaired) electrons. The number of hydrogen-bond donors (Lipinski definition) is 2. The van der Waals surface area contributed by atoms with Gasteiger partial charge < -0.3 is 24.1 Å². The van der Waals surface area contributed by atoms with E-state index in [0.717, 1.165) is 0 Å². The van der Waals surface area contributed by atoms with Gasteiger partial charge in [0.15, 0.2) is 5.76 Å². The second-order valence-corrected chi connectivity index (χ2v) is 9.61. The molecule has 0 unspecified atom stereocenters. The second-order valence-electron chi connectivity index (χ2n) is 9.61. The molecule has 1 aliphatic carbocycles. The van der Waals surface area contributed by atoms with Gasteiger partial charge in [-0.2, -0.15) is 0 Å². The smallest absolute Gasteiger partial charge is 0.293 e. The maximum atomic E-state index is 13.7. The van der Waals surface area contributed by atoms with Gasteiger partial charge in [-0.15, -0.1) is 0 Å². The van der Waals surface area contributed by atoms with Crippen molar-refractivity contribution in [2.75, 3.05) is 6.54 Å². The molecule has 0 bridgehead atoms. The Hall–Kier alpha value is -3.20. The minimum atomic E-state index is -2.68. The molecule has 4 rings (SSSR count). The van der Waals surface area contributed by atoms with Gasteiger partial charge in [0.1, 0.15) is 5.75 Å². The van der Waals surface area contributed by atoms with Crippen molar-refractivity contribution < 1.29 is 27.8 Å². The molecule has 1 fully saturated rings. The van der Waals surface area contributed by atoms with Gasteiger partial charge in [-0.3, -0.25) is 9.59 Å². The molecule has 7 nitrogen and oxygen atoms in total. The lowest BCUT2D eigenvalue weighted by molar-refractivity contribution is -0.0581. The summed E-state index contributed by atoms with van der Waals surface area (Å²) in [7, 11) is 1.57. The predicted molar refractivity (Wildman–Crippen MR) is 128 cm³/mol. The highest BCUT2D eigenvalue weighted by Crippen LogP contribution is 2.41. The first kappa shape index (κ1) is 24.9. The number of fused-ring (bicyclic) bond motifs is 1. The number of carbonyl (C=O) groups is 1. The summed E-state index contributed by atoms with van der Waals surface area (Å²) in [5.74, 6) is -2.68. The van der Waals surface area contributed by atoms with Crippen LogP contribution in [0.4, 0.5) is 8.78 Å². The summed E-state index contributed by atoms with van der Waals surface area (Å²) in [6, 6.07) is 6.70. The highest BCUT2D eigenvalue weighted by Gasteiger charge is 2.36. The second kappa shape index (κ2) is 9.11. The number of benzene rings is 1. The van der Waals surface area contributed by atoms with Gasteiger partial charge >= 0.3 is 0 Å². The van der Waals surface area contributed by atoms with Crippen LogP contribution in [0.3, 0.4) is 0 Å². The highest BCUT2D eigenvalue weighted by atomic mass is 19.3. The zero-order valence-electron chi connectivity index (χ0n) is 20.3. The first-order chi connectivity index (χ1) is 16.4. The minimum Gasteiger partial charge on any atom is -0.490 e. The number of aliphatic hydroxyl groups is 1. The summed E-state index contributed by atoms with van der Waals surface area (Å²) in [5.41, 5.74) is 0.166. The number of alkyl halides is 2. The summed E-state index contributed by atoms with van der Waals surface area (Å²) >= 11 is 0. The number of carbonyl (C=O) groups excluding carboxylic acids is 1. The lowest BCUT2D eigenvalue weighted by Gasteiger charge is -2.30. The fraction of sp³-hybridized carbons (Fsp3) is 0.462. The van der Waals surface area contributed by atoms with Crippen LogP contribution in [0.25, 0.3) is 22.1 Å². The Morgan fingerprint density at radius 2 is 1.94 bits per heavy atom. The van der Waals surface area contributed by atoms with Crippen molar-refractivity contribution in [3.05, 3.63) is 52.1 Å². The quantitative estimate of drug-likeness (QED) is 0.523. The molecule has 1 aliphatic rings. The van der Waals surface area contributed by atoms with E-state index in [1.807, 2.05) is 0 Å². The number of amides is 1. The van der Waals surface area contributed by atoms with Gasteiger partial charge in [0.2, 0.25) is 11.5 Å². The Balaban J connectivity index is 1.87. The normalized spacial score (nSPS) is 16.4. The third-order valence-corrected chi connectivity index (χ3v) is 6.35. The van der Waals surface area contributed by atoms with Crippen LogP contribution in [0.1, 0.15) is 62.6 Å². The number of aromatic nitrogens is 1. The third kappa shape index (κ3) is 5.10. The predicted octanol–water partition coefficient (Wildman–Crippen LogP) is 4.73. The van der Waals surface area contributed by atoms with E-state index in [1.54, 1.807) is 52.2 Å². The van der Waals surface area contributed by atoms with Crippen molar-refractivity contribution in [3.8, 4) is 16.9 Å². The SMILES string of the molecule is CCNC(=O)c1cc2c(-c3cc(C(C)(C)O)ccc3OC3CCC(F)(F)CC3)cn(C)c(=O)c2o1. The van der Waals surface area contributed by atoms with Gasteiger partial charge in [-0.25, -0.2) is 8.78 Å². The molecule has 188 valence electrons. The number of aryl methyl sites for hydroxylation is 1. The molecule has 2 heterocycles. The number of pyridine rings is 1. The molecule has 1 saturated carbocycles. The number of nitrogens with zero attached hydrogens (tertiary/aromatic N) is 1.